The Morgan fingerprint density at radius 1 is 0.844 bits per heavy atom. The lowest BCUT2D eigenvalue weighted by Gasteiger charge is -2.09. The highest BCUT2D eigenvalue weighted by Gasteiger charge is 2.17. The number of carbonyl (C=O) groups is 1. The molecule has 0 fully saturated rings. The van der Waals surface area contributed by atoms with Crippen LogP contribution in [-0.2, 0) is 0 Å². The van der Waals surface area contributed by atoms with E-state index in [-0.39, 0.29) is 0 Å². The number of carbonyl (C=O) groups excluding carboxylic acids is 1. The quantitative estimate of drug-likeness (QED) is 0.459. The van der Waals surface area contributed by atoms with E-state index in [1.165, 1.54) is 6.07 Å². The van der Waals surface area contributed by atoms with Crippen LogP contribution in [-0.4, -0.2) is 30.7 Å². The minimum atomic E-state index is -0.930. The van der Waals surface area contributed by atoms with Crippen molar-refractivity contribution in [2.75, 3.05) is 5.32 Å². The Bertz CT molecular complexity index is 1430. The molecule has 7 nitrogen and oxygen atoms in total. The molecule has 3 aromatic heterocycles. The number of nitrogens with one attached hydrogen (secondary N) is 1. The molecule has 0 aliphatic rings. The van der Waals surface area contributed by atoms with Gasteiger partial charge in [0.2, 0.25) is 5.82 Å². The van der Waals surface area contributed by atoms with E-state index in [2.05, 4.69) is 25.6 Å². The lowest BCUT2D eigenvalue weighted by Crippen LogP contribution is -2.15. The molecule has 0 unspecified atom stereocenters. The summed E-state index contributed by atoms with van der Waals surface area (Å²) in [7, 11) is 0. The summed E-state index contributed by atoms with van der Waals surface area (Å²) in [6.45, 7) is 0. The molecule has 0 saturated heterocycles. The molecule has 9 heteroatoms. The molecule has 0 saturated carbocycles. The topological polar surface area (TPSA) is 85.1 Å². The highest BCUT2D eigenvalue weighted by molar-refractivity contribution is 6.04. The lowest BCUT2D eigenvalue weighted by atomic mass is 10.1. The third-order valence-corrected chi connectivity index (χ3v) is 4.76. The van der Waals surface area contributed by atoms with Crippen LogP contribution in [0.15, 0.2) is 79.0 Å². The smallest absolute Gasteiger partial charge is 0.261 e. The van der Waals surface area contributed by atoms with Crippen LogP contribution >= 0.6 is 0 Å². The monoisotopic (exact) mass is 428 g/mol. The molecule has 1 N–H and O–H groups in total. The van der Waals surface area contributed by atoms with Crippen molar-refractivity contribution in [2.24, 2.45) is 0 Å². The van der Waals surface area contributed by atoms with Crippen LogP contribution in [0.2, 0.25) is 0 Å². The van der Waals surface area contributed by atoms with Crippen molar-refractivity contribution in [3.05, 3.63) is 96.2 Å². The largest absolute Gasteiger partial charge is 0.322 e. The predicted molar refractivity (Wildman–Crippen MR) is 114 cm³/mol. The highest BCUT2D eigenvalue weighted by Crippen LogP contribution is 2.24. The standard InChI is InChI=1S/C23H14F2N6O/c24-16-7-4-8-17(25)21(16)23(32)27-15-6-3-5-14(13-15)18-10-11-20-28-29-22(31(20)30-18)19-9-1-2-12-26-19/h1-13H,(H,27,32). The molecule has 156 valence electrons. The predicted octanol–water partition coefficient (Wildman–Crippen LogP) is 4.38. The Balaban J connectivity index is 1.49. The molecule has 0 bridgehead atoms. The lowest BCUT2D eigenvalue weighted by molar-refractivity contribution is 0.101. The van der Waals surface area contributed by atoms with E-state index < -0.39 is 23.1 Å². The average Bonchev–Trinajstić information content (AvgIpc) is 3.23. The minimum Gasteiger partial charge on any atom is -0.322 e. The van der Waals surface area contributed by atoms with Gasteiger partial charge in [0.15, 0.2) is 5.65 Å². The van der Waals surface area contributed by atoms with Gasteiger partial charge in [-0.1, -0.05) is 24.3 Å². The molecule has 5 rings (SSSR count). The van der Waals surface area contributed by atoms with Crippen LogP contribution in [0.3, 0.4) is 0 Å². The van der Waals surface area contributed by atoms with Crippen molar-refractivity contribution < 1.29 is 13.6 Å². The third kappa shape index (κ3) is 3.56. The summed E-state index contributed by atoms with van der Waals surface area (Å²) < 4.78 is 29.4. The van der Waals surface area contributed by atoms with E-state index in [9.17, 15) is 13.6 Å². The van der Waals surface area contributed by atoms with E-state index in [1.807, 2.05) is 12.1 Å². The van der Waals surface area contributed by atoms with Gasteiger partial charge in [-0.2, -0.15) is 9.61 Å². The van der Waals surface area contributed by atoms with Crippen molar-refractivity contribution in [2.45, 2.75) is 0 Å². The number of hydrogen-bond acceptors (Lipinski definition) is 5. The Morgan fingerprint density at radius 2 is 1.66 bits per heavy atom. The fourth-order valence-electron chi connectivity index (χ4n) is 3.26. The van der Waals surface area contributed by atoms with Crippen molar-refractivity contribution in [3.63, 3.8) is 0 Å². The Morgan fingerprint density at radius 3 is 2.44 bits per heavy atom. The molecule has 2 aromatic carbocycles. The van der Waals surface area contributed by atoms with Crippen LogP contribution < -0.4 is 5.32 Å². The van der Waals surface area contributed by atoms with Gasteiger partial charge in [-0.25, -0.2) is 8.78 Å². The Labute approximate surface area is 180 Å². The summed E-state index contributed by atoms with van der Waals surface area (Å²) in [5.41, 5.74) is 2.17. The van der Waals surface area contributed by atoms with Gasteiger partial charge >= 0.3 is 0 Å². The van der Waals surface area contributed by atoms with E-state index in [0.717, 1.165) is 12.1 Å². The SMILES string of the molecule is O=C(Nc1cccc(-c2ccc3nnc(-c4ccccn4)n3n2)c1)c1c(F)cccc1F. The first-order valence-electron chi connectivity index (χ1n) is 9.60. The Hall–Kier alpha value is -4.53. The first-order chi connectivity index (χ1) is 15.6. The number of rotatable bonds is 4. The number of anilines is 1. The number of hydrogen-bond donors (Lipinski definition) is 1. The van der Waals surface area contributed by atoms with Crippen molar-refractivity contribution >= 4 is 17.2 Å². The second kappa shape index (κ2) is 7.95. The number of aromatic nitrogens is 5. The number of fused-ring (bicyclic) bond motifs is 1. The molecule has 0 radical (unpaired) electrons. The minimum absolute atomic E-state index is 0.366. The van der Waals surface area contributed by atoms with Crippen LogP contribution in [0.1, 0.15) is 10.4 Å². The maximum Gasteiger partial charge on any atom is 0.261 e. The summed E-state index contributed by atoms with van der Waals surface area (Å²) in [5.74, 6) is -2.25. The third-order valence-electron chi connectivity index (χ3n) is 4.76. The van der Waals surface area contributed by atoms with Gasteiger partial charge in [0.25, 0.3) is 5.91 Å². The van der Waals surface area contributed by atoms with Gasteiger partial charge in [0, 0.05) is 17.4 Å². The number of amides is 1. The molecular weight excluding hydrogens is 414 g/mol. The summed E-state index contributed by atoms with van der Waals surface area (Å²) >= 11 is 0. The first-order valence-corrected chi connectivity index (χ1v) is 9.60. The maximum atomic E-state index is 13.9. The average molecular weight is 428 g/mol. The molecule has 0 aliphatic heterocycles. The van der Waals surface area contributed by atoms with Crippen LogP contribution in [0.5, 0.6) is 0 Å². The van der Waals surface area contributed by atoms with Gasteiger partial charge in [0.05, 0.1) is 5.69 Å². The number of halogens is 2. The van der Waals surface area contributed by atoms with E-state index in [1.54, 1.807) is 53.2 Å². The van der Waals surface area contributed by atoms with Gasteiger partial charge in [0.1, 0.15) is 22.9 Å². The molecule has 0 spiro atoms. The first kappa shape index (κ1) is 19.4. The Kier molecular flexibility index (Phi) is 4.83. The maximum absolute atomic E-state index is 13.9. The second-order valence-corrected chi connectivity index (χ2v) is 6.86. The summed E-state index contributed by atoms with van der Waals surface area (Å²) in [5, 5.41) is 15.4. The summed E-state index contributed by atoms with van der Waals surface area (Å²) in [6, 6.07) is 19.1. The second-order valence-electron chi connectivity index (χ2n) is 6.86. The van der Waals surface area contributed by atoms with E-state index in [4.69, 9.17) is 0 Å². The number of benzene rings is 2. The molecule has 0 atom stereocenters. The number of nitrogens with zero attached hydrogens (tertiary/aromatic N) is 5. The van der Waals surface area contributed by atoms with Crippen LogP contribution in [0.25, 0.3) is 28.4 Å². The van der Waals surface area contributed by atoms with Gasteiger partial charge in [-0.15, -0.1) is 10.2 Å². The molecule has 1 amide bonds. The zero-order valence-electron chi connectivity index (χ0n) is 16.4. The summed E-state index contributed by atoms with van der Waals surface area (Å²) in [4.78, 5) is 16.7. The molecule has 3 heterocycles. The van der Waals surface area contributed by atoms with Crippen molar-refractivity contribution in [1.82, 2.24) is 24.8 Å². The summed E-state index contributed by atoms with van der Waals surface area (Å²) in [6.07, 6.45) is 1.66. The highest BCUT2D eigenvalue weighted by atomic mass is 19.1. The zero-order valence-corrected chi connectivity index (χ0v) is 16.4. The fourth-order valence-corrected chi connectivity index (χ4v) is 3.26. The zero-order chi connectivity index (χ0) is 22.1. The molecular formula is C23H14F2N6O. The van der Waals surface area contributed by atoms with E-state index in [0.29, 0.717) is 34.1 Å². The number of pyridine rings is 1. The molecule has 32 heavy (non-hydrogen) atoms. The molecule has 5 aromatic rings. The normalized spacial score (nSPS) is 10.9. The van der Waals surface area contributed by atoms with Gasteiger partial charge < -0.3 is 5.32 Å². The molecule has 0 aliphatic carbocycles. The van der Waals surface area contributed by atoms with Crippen LogP contribution in [0, 0.1) is 11.6 Å². The van der Waals surface area contributed by atoms with E-state index >= 15 is 0 Å². The van der Waals surface area contributed by atoms with Crippen LogP contribution in [0.4, 0.5) is 14.5 Å². The van der Waals surface area contributed by atoms with Gasteiger partial charge in [-0.3, -0.25) is 9.78 Å². The van der Waals surface area contributed by atoms with Crippen molar-refractivity contribution in [1.29, 1.82) is 0 Å². The van der Waals surface area contributed by atoms with Crippen molar-refractivity contribution in [3.8, 4) is 22.8 Å². The fraction of sp³-hybridized carbons (Fsp3) is 0. The van der Waals surface area contributed by atoms with Gasteiger partial charge in [-0.05, 0) is 48.5 Å².